The van der Waals surface area contributed by atoms with Crippen LogP contribution in [-0.2, 0) is 0 Å². The van der Waals surface area contributed by atoms with E-state index in [1.807, 2.05) is 42.9 Å². The summed E-state index contributed by atoms with van der Waals surface area (Å²) in [4.78, 5) is 19.1. The third kappa shape index (κ3) is 3.63. The molecule has 0 saturated carbocycles. The SMILES string of the molecule is Cc1ccc(C(CN(C)C)NC(=O)c2cn3ccccc3n2)cc1. The second-order valence-corrected chi connectivity index (χ2v) is 6.29. The number of carbonyl (C=O) groups excluding carboxylic acids is 1. The lowest BCUT2D eigenvalue weighted by Crippen LogP contribution is -2.35. The van der Waals surface area contributed by atoms with Crippen molar-refractivity contribution in [2.75, 3.05) is 20.6 Å². The number of pyridine rings is 1. The second kappa shape index (κ2) is 6.84. The summed E-state index contributed by atoms with van der Waals surface area (Å²) in [5.74, 6) is -0.161. The van der Waals surface area contributed by atoms with Gasteiger partial charge in [0.25, 0.3) is 5.91 Å². The molecule has 2 aromatic heterocycles. The number of carbonyl (C=O) groups is 1. The van der Waals surface area contributed by atoms with Crippen molar-refractivity contribution in [3.8, 4) is 0 Å². The van der Waals surface area contributed by atoms with E-state index >= 15 is 0 Å². The number of hydrogen-bond donors (Lipinski definition) is 1. The molecule has 3 rings (SSSR count). The number of nitrogens with one attached hydrogen (secondary N) is 1. The van der Waals surface area contributed by atoms with E-state index in [4.69, 9.17) is 0 Å². The van der Waals surface area contributed by atoms with Gasteiger partial charge < -0.3 is 14.6 Å². The Morgan fingerprint density at radius 3 is 2.62 bits per heavy atom. The van der Waals surface area contributed by atoms with Gasteiger partial charge in [-0.15, -0.1) is 0 Å². The number of aromatic nitrogens is 2. The van der Waals surface area contributed by atoms with Crippen LogP contribution in [0.25, 0.3) is 5.65 Å². The van der Waals surface area contributed by atoms with Crippen molar-refractivity contribution in [2.24, 2.45) is 0 Å². The summed E-state index contributed by atoms with van der Waals surface area (Å²) in [5.41, 5.74) is 3.49. The Bertz CT molecular complexity index is 803. The summed E-state index contributed by atoms with van der Waals surface area (Å²) < 4.78 is 1.85. The molecule has 2 heterocycles. The standard InChI is InChI=1S/C19H22N4O/c1-14-7-9-15(10-8-14)16(12-22(2)3)21-19(24)17-13-23-11-5-4-6-18(23)20-17/h4-11,13,16H,12H2,1-3H3,(H,21,24). The molecule has 0 spiro atoms. The first-order valence-corrected chi connectivity index (χ1v) is 7.99. The number of imidazole rings is 1. The molecule has 0 saturated heterocycles. The monoisotopic (exact) mass is 322 g/mol. The Hall–Kier alpha value is -2.66. The molecule has 0 fully saturated rings. The lowest BCUT2D eigenvalue weighted by Gasteiger charge is -2.22. The second-order valence-electron chi connectivity index (χ2n) is 6.29. The van der Waals surface area contributed by atoms with E-state index in [1.54, 1.807) is 6.20 Å². The molecule has 124 valence electrons. The van der Waals surface area contributed by atoms with Crippen molar-refractivity contribution < 1.29 is 4.79 Å². The Labute approximate surface area is 141 Å². The molecule has 24 heavy (non-hydrogen) atoms. The molecule has 0 bridgehead atoms. The Morgan fingerprint density at radius 2 is 1.96 bits per heavy atom. The average Bonchev–Trinajstić information content (AvgIpc) is 2.98. The highest BCUT2D eigenvalue weighted by Crippen LogP contribution is 2.16. The summed E-state index contributed by atoms with van der Waals surface area (Å²) in [5, 5.41) is 3.10. The Balaban J connectivity index is 1.83. The van der Waals surface area contributed by atoms with E-state index in [0.29, 0.717) is 5.69 Å². The molecule has 0 aliphatic rings. The van der Waals surface area contributed by atoms with Crippen molar-refractivity contribution in [3.63, 3.8) is 0 Å². The zero-order chi connectivity index (χ0) is 17.1. The molecular weight excluding hydrogens is 300 g/mol. The minimum absolute atomic E-state index is 0.0853. The van der Waals surface area contributed by atoms with Crippen molar-refractivity contribution >= 4 is 11.6 Å². The highest BCUT2D eigenvalue weighted by atomic mass is 16.2. The quantitative estimate of drug-likeness (QED) is 0.786. The van der Waals surface area contributed by atoms with Gasteiger partial charge in [0, 0.05) is 18.9 Å². The van der Waals surface area contributed by atoms with E-state index in [1.165, 1.54) is 5.56 Å². The Morgan fingerprint density at radius 1 is 1.21 bits per heavy atom. The molecule has 1 N–H and O–H groups in total. The van der Waals surface area contributed by atoms with Crippen LogP contribution in [-0.4, -0.2) is 40.8 Å². The molecule has 0 radical (unpaired) electrons. The Kier molecular flexibility index (Phi) is 4.62. The van der Waals surface area contributed by atoms with E-state index in [2.05, 4.69) is 46.4 Å². The predicted octanol–water partition coefficient (Wildman–Crippen LogP) is 2.68. The molecule has 1 atom stereocenters. The first kappa shape index (κ1) is 16.2. The number of nitrogens with zero attached hydrogens (tertiary/aromatic N) is 3. The zero-order valence-corrected chi connectivity index (χ0v) is 14.2. The predicted molar refractivity (Wildman–Crippen MR) is 95.1 cm³/mol. The lowest BCUT2D eigenvalue weighted by atomic mass is 10.0. The molecule has 5 nitrogen and oxygen atoms in total. The van der Waals surface area contributed by atoms with Gasteiger partial charge in [0.05, 0.1) is 6.04 Å². The van der Waals surface area contributed by atoms with Crippen LogP contribution < -0.4 is 5.32 Å². The average molecular weight is 322 g/mol. The zero-order valence-electron chi connectivity index (χ0n) is 14.2. The van der Waals surface area contributed by atoms with Gasteiger partial charge >= 0.3 is 0 Å². The maximum Gasteiger partial charge on any atom is 0.272 e. The number of likely N-dealkylation sites (N-methyl/N-ethyl adjacent to an activating group) is 1. The van der Waals surface area contributed by atoms with Crippen molar-refractivity contribution in [3.05, 3.63) is 71.7 Å². The summed E-state index contributed by atoms with van der Waals surface area (Å²) in [7, 11) is 4.00. The first-order chi connectivity index (χ1) is 11.5. The first-order valence-electron chi connectivity index (χ1n) is 7.99. The summed E-state index contributed by atoms with van der Waals surface area (Å²) >= 11 is 0. The minimum Gasteiger partial charge on any atom is -0.343 e. The van der Waals surface area contributed by atoms with Gasteiger partial charge in [0.2, 0.25) is 0 Å². The van der Waals surface area contributed by atoms with Gasteiger partial charge in [0.15, 0.2) is 0 Å². The van der Waals surface area contributed by atoms with Crippen LogP contribution in [0, 0.1) is 6.92 Å². The van der Waals surface area contributed by atoms with Crippen molar-refractivity contribution in [2.45, 2.75) is 13.0 Å². The molecule has 0 aliphatic carbocycles. The molecule has 3 aromatic rings. The van der Waals surface area contributed by atoms with Gasteiger partial charge in [-0.05, 0) is 38.7 Å². The maximum absolute atomic E-state index is 12.6. The fourth-order valence-corrected chi connectivity index (χ4v) is 2.67. The van der Waals surface area contributed by atoms with Crippen molar-refractivity contribution in [1.29, 1.82) is 0 Å². The summed E-state index contributed by atoms with van der Waals surface area (Å²) in [6, 6.07) is 13.9. The van der Waals surface area contributed by atoms with Crippen LogP contribution in [0.4, 0.5) is 0 Å². The highest BCUT2D eigenvalue weighted by molar-refractivity contribution is 5.93. The number of hydrogen-bond acceptors (Lipinski definition) is 3. The summed E-state index contributed by atoms with van der Waals surface area (Å²) in [6.07, 6.45) is 3.64. The number of aryl methyl sites for hydroxylation is 1. The smallest absolute Gasteiger partial charge is 0.272 e. The molecule has 1 amide bonds. The van der Waals surface area contributed by atoms with Gasteiger partial charge in [-0.3, -0.25) is 4.79 Å². The molecule has 0 aliphatic heterocycles. The third-order valence-corrected chi connectivity index (χ3v) is 3.93. The lowest BCUT2D eigenvalue weighted by molar-refractivity contribution is 0.0925. The largest absolute Gasteiger partial charge is 0.343 e. The fourth-order valence-electron chi connectivity index (χ4n) is 2.67. The van der Waals surface area contributed by atoms with E-state index in [-0.39, 0.29) is 11.9 Å². The number of fused-ring (bicyclic) bond motifs is 1. The fraction of sp³-hybridized carbons (Fsp3) is 0.263. The summed E-state index contributed by atoms with van der Waals surface area (Å²) in [6.45, 7) is 2.78. The van der Waals surface area contributed by atoms with E-state index < -0.39 is 0 Å². The number of benzene rings is 1. The maximum atomic E-state index is 12.6. The van der Waals surface area contributed by atoms with E-state index in [0.717, 1.165) is 17.8 Å². The normalized spacial score (nSPS) is 12.5. The topological polar surface area (TPSA) is 49.6 Å². The molecular formula is C19H22N4O. The van der Waals surface area contributed by atoms with Crippen LogP contribution in [0.15, 0.2) is 54.9 Å². The van der Waals surface area contributed by atoms with Gasteiger partial charge in [0.1, 0.15) is 11.3 Å². The van der Waals surface area contributed by atoms with Gasteiger partial charge in [-0.25, -0.2) is 4.98 Å². The van der Waals surface area contributed by atoms with Crippen LogP contribution in [0.1, 0.15) is 27.7 Å². The van der Waals surface area contributed by atoms with Crippen LogP contribution in [0.5, 0.6) is 0 Å². The highest BCUT2D eigenvalue weighted by Gasteiger charge is 2.18. The third-order valence-electron chi connectivity index (χ3n) is 3.93. The van der Waals surface area contributed by atoms with Gasteiger partial charge in [-0.1, -0.05) is 35.9 Å². The van der Waals surface area contributed by atoms with Crippen molar-refractivity contribution in [1.82, 2.24) is 19.6 Å². The van der Waals surface area contributed by atoms with Crippen LogP contribution in [0.2, 0.25) is 0 Å². The molecule has 5 heteroatoms. The minimum atomic E-state index is -0.161. The number of rotatable bonds is 5. The molecule has 1 unspecified atom stereocenters. The van der Waals surface area contributed by atoms with Crippen LogP contribution >= 0.6 is 0 Å². The molecule has 1 aromatic carbocycles. The van der Waals surface area contributed by atoms with Gasteiger partial charge in [-0.2, -0.15) is 0 Å². The number of amides is 1. The van der Waals surface area contributed by atoms with E-state index in [9.17, 15) is 4.79 Å². The van der Waals surface area contributed by atoms with Crippen LogP contribution in [0.3, 0.4) is 0 Å².